The Hall–Kier alpha value is -0.550. The van der Waals surface area contributed by atoms with Crippen LogP contribution >= 0.6 is 0 Å². The fourth-order valence-electron chi connectivity index (χ4n) is 0.765. The second kappa shape index (κ2) is 4.34. The summed E-state index contributed by atoms with van der Waals surface area (Å²) in [4.78, 5) is 0. The molecule has 0 saturated heterocycles. The summed E-state index contributed by atoms with van der Waals surface area (Å²) in [6.45, 7) is 6.17. The Labute approximate surface area is 56.9 Å². The van der Waals surface area contributed by atoms with Crippen LogP contribution in [0.15, 0.2) is 0 Å². The van der Waals surface area contributed by atoms with Gasteiger partial charge in [0.05, 0.1) is 12.5 Å². The van der Waals surface area contributed by atoms with Crippen molar-refractivity contribution in [3.63, 3.8) is 0 Å². The number of nitrogens with zero attached hydrogens (tertiary/aromatic N) is 1. The Morgan fingerprint density at radius 2 is 2.00 bits per heavy atom. The Bertz CT molecular complexity index is 102. The van der Waals surface area contributed by atoms with E-state index in [0.717, 1.165) is 0 Å². The molecule has 0 bridgehead atoms. The quantitative estimate of drug-likeness (QED) is 0.618. The molecule has 0 amide bonds. The zero-order chi connectivity index (χ0) is 7.28. The van der Waals surface area contributed by atoms with Crippen molar-refractivity contribution in [3.05, 3.63) is 0 Å². The summed E-state index contributed by atoms with van der Waals surface area (Å²) in [5.74, 6) is 0. The second-order valence-electron chi connectivity index (χ2n) is 2.58. The van der Waals surface area contributed by atoms with Crippen molar-refractivity contribution in [1.29, 1.82) is 5.26 Å². The molecule has 0 aromatic heterocycles. The zero-order valence-corrected chi connectivity index (χ0v) is 6.31. The first kappa shape index (κ1) is 8.45. The van der Waals surface area contributed by atoms with Crippen LogP contribution in [0.2, 0.25) is 0 Å². The van der Waals surface area contributed by atoms with Crippen molar-refractivity contribution in [2.24, 2.45) is 0 Å². The molecule has 0 saturated carbocycles. The number of hydrogen-bond acceptors (Lipinski definition) is 2. The highest BCUT2D eigenvalue weighted by Gasteiger charge is 2.00. The molecular weight excluding hydrogens is 112 g/mol. The molecule has 1 atom stereocenters. The van der Waals surface area contributed by atoms with Gasteiger partial charge in [0.15, 0.2) is 0 Å². The van der Waals surface area contributed by atoms with E-state index < -0.39 is 0 Å². The maximum atomic E-state index is 8.26. The summed E-state index contributed by atoms with van der Waals surface area (Å²) in [7, 11) is 0. The predicted octanol–water partition coefficient (Wildman–Crippen LogP) is 1.29. The first-order valence-electron chi connectivity index (χ1n) is 3.29. The van der Waals surface area contributed by atoms with Gasteiger partial charge in [0.2, 0.25) is 0 Å². The first-order chi connectivity index (χ1) is 4.16. The molecule has 0 radical (unpaired) electrons. The average molecular weight is 126 g/mol. The molecule has 0 spiro atoms. The Morgan fingerprint density at radius 1 is 1.44 bits per heavy atom. The van der Waals surface area contributed by atoms with Gasteiger partial charge in [0, 0.05) is 12.1 Å². The van der Waals surface area contributed by atoms with Gasteiger partial charge in [0.25, 0.3) is 0 Å². The van der Waals surface area contributed by atoms with Gasteiger partial charge < -0.3 is 5.32 Å². The van der Waals surface area contributed by atoms with E-state index in [-0.39, 0.29) is 0 Å². The molecule has 0 rings (SSSR count). The molecule has 9 heavy (non-hydrogen) atoms. The monoisotopic (exact) mass is 126 g/mol. The third kappa shape index (κ3) is 5.32. The van der Waals surface area contributed by atoms with Gasteiger partial charge in [0.1, 0.15) is 0 Å². The zero-order valence-electron chi connectivity index (χ0n) is 6.31. The number of nitrogens with one attached hydrogen (secondary N) is 1. The van der Waals surface area contributed by atoms with E-state index >= 15 is 0 Å². The normalized spacial score (nSPS) is 13.2. The lowest BCUT2D eigenvalue weighted by molar-refractivity contribution is 0.496. The van der Waals surface area contributed by atoms with Crippen molar-refractivity contribution in [1.82, 2.24) is 5.32 Å². The molecule has 0 aliphatic rings. The van der Waals surface area contributed by atoms with Crippen LogP contribution in [0.5, 0.6) is 0 Å². The van der Waals surface area contributed by atoms with Crippen LogP contribution in [0, 0.1) is 11.3 Å². The second-order valence-corrected chi connectivity index (χ2v) is 2.58. The van der Waals surface area contributed by atoms with E-state index in [1.54, 1.807) is 0 Å². The van der Waals surface area contributed by atoms with Crippen LogP contribution in [0.3, 0.4) is 0 Å². The summed E-state index contributed by atoms with van der Waals surface area (Å²) >= 11 is 0. The molecule has 0 aliphatic carbocycles. The SMILES string of the molecule is CC(C)N[C@@H](C)CC#N. The molecule has 2 heteroatoms. The Balaban J connectivity index is 3.29. The van der Waals surface area contributed by atoms with E-state index in [2.05, 4.69) is 25.2 Å². The van der Waals surface area contributed by atoms with Gasteiger partial charge in [-0.25, -0.2) is 0 Å². The minimum Gasteiger partial charge on any atom is -0.311 e. The van der Waals surface area contributed by atoms with Gasteiger partial charge in [-0.1, -0.05) is 13.8 Å². The van der Waals surface area contributed by atoms with Crippen molar-refractivity contribution in [3.8, 4) is 6.07 Å². The van der Waals surface area contributed by atoms with Gasteiger partial charge in [-0.3, -0.25) is 0 Å². The first-order valence-corrected chi connectivity index (χ1v) is 3.29. The fourth-order valence-corrected chi connectivity index (χ4v) is 0.765. The van der Waals surface area contributed by atoms with Gasteiger partial charge in [-0.2, -0.15) is 5.26 Å². The number of nitriles is 1. The Kier molecular flexibility index (Phi) is 4.08. The molecule has 0 aromatic rings. The average Bonchev–Trinajstić information content (AvgIpc) is 1.63. The van der Waals surface area contributed by atoms with Crippen molar-refractivity contribution < 1.29 is 0 Å². The molecule has 52 valence electrons. The van der Waals surface area contributed by atoms with Crippen LogP contribution in [0.25, 0.3) is 0 Å². The summed E-state index contributed by atoms with van der Waals surface area (Å²) in [5, 5.41) is 11.5. The molecule has 0 heterocycles. The third-order valence-electron chi connectivity index (χ3n) is 1.02. The number of rotatable bonds is 3. The minimum absolute atomic E-state index is 0.329. The lowest BCUT2D eigenvalue weighted by Crippen LogP contribution is -2.31. The van der Waals surface area contributed by atoms with E-state index in [4.69, 9.17) is 5.26 Å². The lowest BCUT2D eigenvalue weighted by Gasteiger charge is -2.12. The minimum atomic E-state index is 0.329. The van der Waals surface area contributed by atoms with Crippen LogP contribution in [-0.4, -0.2) is 12.1 Å². The van der Waals surface area contributed by atoms with Crippen LogP contribution < -0.4 is 5.32 Å². The molecule has 0 aromatic carbocycles. The van der Waals surface area contributed by atoms with Crippen molar-refractivity contribution >= 4 is 0 Å². The van der Waals surface area contributed by atoms with E-state index in [1.165, 1.54) is 0 Å². The lowest BCUT2D eigenvalue weighted by atomic mass is 10.2. The van der Waals surface area contributed by atoms with Crippen molar-refractivity contribution in [2.75, 3.05) is 0 Å². The Morgan fingerprint density at radius 3 is 2.33 bits per heavy atom. The highest BCUT2D eigenvalue weighted by Crippen LogP contribution is 1.89. The topological polar surface area (TPSA) is 35.8 Å². The molecule has 0 fully saturated rings. The van der Waals surface area contributed by atoms with E-state index in [1.807, 2.05) is 6.92 Å². The van der Waals surface area contributed by atoms with Gasteiger partial charge in [-0.15, -0.1) is 0 Å². The van der Waals surface area contributed by atoms with Crippen LogP contribution in [0.1, 0.15) is 27.2 Å². The predicted molar refractivity (Wildman–Crippen MR) is 38.0 cm³/mol. The maximum absolute atomic E-state index is 8.26. The molecule has 0 aliphatic heterocycles. The molecular formula is C7H14N2. The van der Waals surface area contributed by atoms with Crippen LogP contribution in [0.4, 0.5) is 0 Å². The standard InChI is InChI=1S/C7H14N2/c1-6(2)9-7(3)4-5-8/h6-7,9H,4H2,1-3H3/t7-/m0/s1. The smallest absolute Gasteiger partial charge is 0.0638 e. The molecule has 0 unspecified atom stereocenters. The van der Waals surface area contributed by atoms with Gasteiger partial charge >= 0.3 is 0 Å². The summed E-state index contributed by atoms with van der Waals surface area (Å²) in [5.41, 5.74) is 0. The maximum Gasteiger partial charge on any atom is 0.0638 e. The number of hydrogen-bond donors (Lipinski definition) is 1. The highest BCUT2D eigenvalue weighted by atomic mass is 14.9. The highest BCUT2D eigenvalue weighted by molar-refractivity contribution is 4.78. The summed E-state index contributed by atoms with van der Waals surface area (Å²) in [6.07, 6.45) is 0.595. The summed E-state index contributed by atoms with van der Waals surface area (Å²) < 4.78 is 0. The largest absolute Gasteiger partial charge is 0.311 e. The van der Waals surface area contributed by atoms with Gasteiger partial charge in [-0.05, 0) is 6.92 Å². The van der Waals surface area contributed by atoms with Crippen LogP contribution in [-0.2, 0) is 0 Å². The fraction of sp³-hybridized carbons (Fsp3) is 0.857. The van der Waals surface area contributed by atoms with E-state index in [9.17, 15) is 0 Å². The summed E-state index contributed by atoms with van der Waals surface area (Å²) in [6, 6.07) is 2.92. The molecule has 1 N–H and O–H groups in total. The van der Waals surface area contributed by atoms with E-state index in [0.29, 0.717) is 18.5 Å². The van der Waals surface area contributed by atoms with Crippen molar-refractivity contribution in [2.45, 2.75) is 39.3 Å². The molecule has 2 nitrogen and oxygen atoms in total. The third-order valence-corrected chi connectivity index (χ3v) is 1.02.